The summed E-state index contributed by atoms with van der Waals surface area (Å²) in [6.45, 7) is 7.65. The molecule has 0 fully saturated rings. The zero-order chi connectivity index (χ0) is 21.3. The molecular formula is C19H23NO8. The molecule has 152 valence electrons. The Morgan fingerprint density at radius 1 is 1.14 bits per heavy atom. The lowest BCUT2D eigenvalue weighted by Gasteiger charge is -2.16. The fourth-order valence-corrected chi connectivity index (χ4v) is 2.19. The van der Waals surface area contributed by atoms with Crippen LogP contribution in [0.2, 0.25) is 0 Å². The van der Waals surface area contributed by atoms with Gasteiger partial charge in [0, 0.05) is 10.5 Å². The second-order valence-corrected chi connectivity index (χ2v) is 5.89. The first kappa shape index (κ1) is 22.8. The lowest BCUT2D eigenvalue weighted by atomic mass is 9.99. The lowest BCUT2D eigenvalue weighted by Crippen LogP contribution is -2.30. The third-order valence-electron chi connectivity index (χ3n) is 3.64. The molecule has 0 radical (unpaired) electrons. The molecule has 2 unspecified atom stereocenters. The van der Waals surface area contributed by atoms with Crippen molar-refractivity contribution < 1.29 is 33.5 Å². The molecule has 0 amide bonds. The van der Waals surface area contributed by atoms with Crippen LogP contribution < -0.4 is 4.74 Å². The first-order valence-corrected chi connectivity index (χ1v) is 8.66. The summed E-state index contributed by atoms with van der Waals surface area (Å²) in [5.41, 5.74) is 0.516. The molecule has 0 aliphatic carbocycles. The van der Waals surface area contributed by atoms with Gasteiger partial charge in [-0.1, -0.05) is 25.6 Å². The minimum atomic E-state index is -1.09. The second kappa shape index (κ2) is 10.8. The van der Waals surface area contributed by atoms with Crippen molar-refractivity contribution in [3.8, 4) is 5.75 Å². The number of ether oxygens (including phenoxy) is 3. The van der Waals surface area contributed by atoms with E-state index in [4.69, 9.17) is 14.2 Å². The van der Waals surface area contributed by atoms with Crippen molar-refractivity contribution >= 4 is 17.9 Å². The van der Waals surface area contributed by atoms with Crippen LogP contribution in [0, 0.1) is 10.1 Å². The van der Waals surface area contributed by atoms with E-state index in [0.717, 1.165) is 0 Å². The molecule has 0 saturated carbocycles. The van der Waals surface area contributed by atoms with Crippen LogP contribution in [0.3, 0.4) is 0 Å². The molecule has 0 aliphatic rings. The Labute approximate surface area is 162 Å². The Kier molecular flexibility index (Phi) is 8.80. The molecule has 2 atom stereocenters. The third-order valence-corrected chi connectivity index (χ3v) is 3.64. The Bertz CT molecular complexity index is 741. The second-order valence-electron chi connectivity index (χ2n) is 5.89. The smallest absolute Gasteiger partial charge is 0.352 e. The largest absolute Gasteiger partial charge is 0.465 e. The van der Waals surface area contributed by atoms with Gasteiger partial charge in [0.15, 0.2) is 6.10 Å². The molecule has 0 aliphatic heterocycles. The van der Waals surface area contributed by atoms with Crippen molar-refractivity contribution in [3.05, 3.63) is 52.1 Å². The van der Waals surface area contributed by atoms with E-state index in [1.54, 1.807) is 13.8 Å². The van der Waals surface area contributed by atoms with Crippen molar-refractivity contribution in [1.82, 2.24) is 0 Å². The van der Waals surface area contributed by atoms with E-state index in [1.807, 2.05) is 0 Å². The molecule has 0 saturated heterocycles. The predicted molar refractivity (Wildman–Crippen MR) is 98.3 cm³/mol. The van der Waals surface area contributed by atoms with E-state index < -0.39 is 41.4 Å². The monoisotopic (exact) mass is 393 g/mol. The molecule has 0 N–H and O–H groups in total. The van der Waals surface area contributed by atoms with Gasteiger partial charge in [0.25, 0.3) is 0 Å². The van der Waals surface area contributed by atoms with Gasteiger partial charge in [0.05, 0.1) is 6.61 Å². The van der Waals surface area contributed by atoms with E-state index in [9.17, 15) is 24.5 Å². The van der Waals surface area contributed by atoms with Crippen molar-refractivity contribution in [1.29, 1.82) is 0 Å². The van der Waals surface area contributed by atoms with Crippen LogP contribution in [0.5, 0.6) is 5.75 Å². The van der Waals surface area contributed by atoms with Crippen molar-refractivity contribution in [3.63, 3.8) is 0 Å². The quantitative estimate of drug-likeness (QED) is 0.195. The van der Waals surface area contributed by atoms with Crippen LogP contribution in [0.25, 0.3) is 0 Å². The number of carbonyl (C=O) groups is 3. The van der Waals surface area contributed by atoms with E-state index in [2.05, 4.69) is 6.58 Å². The molecule has 1 aromatic rings. The van der Waals surface area contributed by atoms with Crippen LogP contribution in [-0.4, -0.2) is 42.1 Å². The molecular weight excluding hydrogens is 370 g/mol. The maximum absolute atomic E-state index is 12.2. The molecule has 0 spiro atoms. The van der Waals surface area contributed by atoms with Crippen molar-refractivity contribution in [2.24, 2.45) is 0 Å². The highest BCUT2D eigenvalue weighted by Gasteiger charge is 2.28. The number of carbonyl (C=O) groups excluding carboxylic acids is 3. The van der Waals surface area contributed by atoms with E-state index >= 15 is 0 Å². The number of benzene rings is 1. The third kappa shape index (κ3) is 6.82. The highest BCUT2D eigenvalue weighted by atomic mass is 16.6. The van der Waals surface area contributed by atoms with Crippen LogP contribution in [0.4, 0.5) is 0 Å². The molecule has 1 rings (SSSR count). The van der Waals surface area contributed by atoms with Crippen LogP contribution in [0.15, 0.2) is 36.4 Å². The first-order valence-electron chi connectivity index (χ1n) is 8.66. The highest BCUT2D eigenvalue weighted by molar-refractivity contribution is 5.89. The van der Waals surface area contributed by atoms with E-state index in [1.165, 1.54) is 31.2 Å². The first-order chi connectivity index (χ1) is 13.2. The minimum Gasteiger partial charge on any atom is -0.465 e. The molecule has 9 heteroatoms. The molecule has 0 aromatic heterocycles. The number of esters is 3. The van der Waals surface area contributed by atoms with Gasteiger partial charge in [0.2, 0.25) is 6.54 Å². The summed E-state index contributed by atoms with van der Waals surface area (Å²) in [7, 11) is 0. The molecule has 0 heterocycles. The Hall–Kier alpha value is -3.23. The molecule has 9 nitrogen and oxygen atoms in total. The predicted octanol–water partition coefficient (Wildman–Crippen LogP) is 2.41. The van der Waals surface area contributed by atoms with Crippen molar-refractivity contribution in [2.75, 3.05) is 13.2 Å². The summed E-state index contributed by atoms with van der Waals surface area (Å²) in [6.07, 6.45) is -0.880. The van der Waals surface area contributed by atoms with Gasteiger partial charge in [-0.05, 0) is 38.0 Å². The average molecular weight is 393 g/mol. The van der Waals surface area contributed by atoms with E-state index in [-0.39, 0.29) is 24.4 Å². The summed E-state index contributed by atoms with van der Waals surface area (Å²) in [4.78, 5) is 45.9. The van der Waals surface area contributed by atoms with Crippen LogP contribution in [0.1, 0.15) is 38.7 Å². The molecule has 1 aromatic carbocycles. The van der Waals surface area contributed by atoms with Crippen LogP contribution >= 0.6 is 0 Å². The minimum absolute atomic E-state index is 0.101. The number of hydrogen-bond donors (Lipinski definition) is 0. The highest BCUT2D eigenvalue weighted by Crippen LogP contribution is 2.22. The Morgan fingerprint density at radius 3 is 2.21 bits per heavy atom. The summed E-state index contributed by atoms with van der Waals surface area (Å²) in [5, 5.41) is 10.8. The molecule has 0 bridgehead atoms. The average Bonchev–Trinajstić information content (AvgIpc) is 2.64. The Morgan fingerprint density at radius 2 is 1.75 bits per heavy atom. The van der Waals surface area contributed by atoms with Gasteiger partial charge in [-0.25, -0.2) is 9.59 Å². The summed E-state index contributed by atoms with van der Waals surface area (Å²) < 4.78 is 15.1. The molecule has 28 heavy (non-hydrogen) atoms. The topological polar surface area (TPSA) is 122 Å². The fourth-order valence-electron chi connectivity index (χ4n) is 2.19. The summed E-state index contributed by atoms with van der Waals surface area (Å²) >= 11 is 0. The number of rotatable bonds is 10. The van der Waals surface area contributed by atoms with Crippen molar-refractivity contribution in [2.45, 2.75) is 39.2 Å². The summed E-state index contributed by atoms with van der Waals surface area (Å²) in [6, 6.07) is 5.67. The number of nitrogens with zero attached hydrogens (tertiary/aromatic N) is 1. The normalized spacial score (nSPS) is 12.4. The maximum Gasteiger partial charge on any atom is 0.352 e. The Balaban J connectivity index is 2.88. The number of hydrogen-bond acceptors (Lipinski definition) is 8. The fraction of sp³-hybridized carbons (Fsp3) is 0.421. The van der Waals surface area contributed by atoms with Gasteiger partial charge in [-0.3, -0.25) is 14.9 Å². The van der Waals surface area contributed by atoms with Gasteiger partial charge in [-0.15, -0.1) is 0 Å². The zero-order valence-electron chi connectivity index (χ0n) is 16.0. The van der Waals surface area contributed by atoms with Gasteiger partial charge in [0.1, 0.15) is 11.7 Å². The SMILES string of the molecule is C=C(C)C(=O)OC(CC)C(=O)Oc1ccc(C(C[N+](=O)[O-])C(=O)OCC)cc1. The lowest BCUT2D eigenvalue weighted by molar-refractivity contribution is -0.481. The van der Waals surface area contributed by atoms with E-state index in [0.29, 0.717) is 5.56 Å². The summed E-state index contributed by atoms with van der Waals surface area (Å²) in [5.74, 6) is -3.10. The zero-order valence-corrected chi connectivity index (χ0v) is 16.0. The van der Waals surface area contributed by atoms with Gasteiger partial charge >= 0.3 is 17.9 Å². The van der Waals surface area contributed by atoms with Gasteiger partial charge in [-0.2, -0.15) is 0 Å². The maximum atomic E-state index is 12.2. The van der Waals surface area contributed by atoms with Gasteiger partial charge < -0.3 is 14.2 Å². The van der Waals surface area contributed by atoms with Crippen LogP contribution in [-0.2, 0) is 23.9 Å². The standard InChI is InChI=1S/C19H23NO8/c1-5-16(28-17(21)12(3)4)19(23)27-14-9-7-13(8-10-14)15(11-20(24)25)18(22)26-6-2/h7-10,15-16H,3,5-6,11H2,1-2,4H3. The number of nitro groups is 1.